The largest absolute Gasteiger partial charge is 0.467 e. The summed E-state index contributed by atoms with van der Waals surface area (Å²) in [6.45, 7) is 2.62. The van der Waals surface area contributed by atoms with Crippen molar-refractivity contribution in [3.63, 3.8) is 0 Å². The number of esters is 1. The molecule has 0 aromatic heterocycles. The summed E-state index contributed by atoms with van der Waals surface area (Å²) in [4.78, 5) is 11.5. The average molecular weight is 295 g/mol. The van der Waals surface area contributed by atoms with E-state index in [9.17, 15) is 4.79 Å². The zero-order valence-corrected chi connectivity index (χ0v) is 11.9. The van der Waals surface area contributed by atoms with Crippen molar-refractivity contribution < 1.29 is 19.0 Å². The molecule has 1 aromatic carbocycles. The lowest BCUT2D eigenvalue weighted by Gasteiger charge is -2.20. The minimum atomic E-state index is -0.413. The van der Waals surface area contributed by atoms with Crippen LogP contribution in [0.4, 0.5) is 0 Å². The number of allylic oxidation sites excluding steroid dienone is 3. The third-order valence-electron chi connectivity index (χ3n) is 2.66. The number of rotatable bonds is 4. The van der Waals surface area contributed by atoms with Crippen molar-refractivity contribution in [2.45, 2.75) is 20.1 Å². The second-order valence-corrected chi connectivity index (χ2v) is 4.59. The molecule has 0 radical (unpaired) electrons. The van der Waals surface area contributed by atoms with Gasteiger partial charge in [0.25, 0.3) is 0 Å². The maximum atomic E-state index is 11.5. The number of hydrogen-bond acceptors (Lipinski definition) is 4. The summed E-state index contributed by atoms with van der Waals surface area (Å²) in [6, 6.07) is 3.52. The van der Waals surface area contributed by atoms with Gasteiger partial charge in [0.2, 0.25) is 0 Å². The summed E-state index contributed by atoms with van der Waals surface area (Å²) in [5.41, 5.74) is 1.60. The second kappa shape index (κ2) is 7.12. The molecule has 1 aromatic rings. The molecule has 0 unspecified atom stereocenters. The summed E-state index contributed by atoms with van der Waals surface area (Å²) in [5, 5.41) is 0.563. The molecule has 5 heteroatoms. The molecule has 20 heavy (non-hydrogen) atoms. The van der Waals surface area contributed by atoms with Gasteiger partial charge < -0.3 is 14.2 Å². The molecule has 0 N–H and O–H groups in total. The van der Waals surface area contributed by atoms with E-state index in [1.54, 1.807) is 24.3 Å². The molecule has 0 fully saturated rings. The van der Waals surface area contributed by atoms with E-state index in [0.717, 1.165) is 11.1 Å². The van der Waals surface area contributed by atoms with Crippen LogP contribution in [0, 0.1) is 0 Å². The van der Waals surface area contributed by atoms with Gasteiger partial charge in [0.1, 0.15) is 12.4 Å². The molecular formula is C15H15ClO4. The lowest BCUT2D eigenvalue weighted by Crippen LogP contribution is -2.14. The van der Waals surface area contributed by atoms with Gasteiger partial charge in [-0.25, -0.2) is 4.79 Å². The third-order valence-corrected chi connectivity index (χ3v) is 2.88. The molecule has 106 valence electrons. The quantitative estimate of drug-likeness (QED) is 0.485. The van der Waals surface area contributed by atoms with Crippen LogP contribution >= 0.6 is 11.6 Å². The molecule has 0 bridgehead atoms. The van der Waals surface area contributed by atoms with Crippen LogP contribution in [-0.2, 0) is 27.5 Å². The monoisotopic (exact) mass is 294 g/mol. The van der Waals surface area contributed by atoms with Gasteiger partial charge in [-0.1, -0.05) is 29.8 Å². The highest BCUT2D eigenvalue weighted by Gasteiger charge is 2.17. The molecule has 0 saturated carbocycles. The highest BCUT2D eigenvalue weighted by atomic mass is 35.5. The van der Waals surface area contributed by atoms with Crippen LogP contribution in [0.2, 0.25) is 5.02 Å². The van der Waals surface area contributed by atoms with E-state index >= 15 is 0 Å². The molecule has 1 aliphatic heterocycles. The summed E-state index contributed by atoms with van der Waals surface area (Å²) in [7, 11) is 0. The molecule has 0 atom stereocenters. The first-order valence-corrected chi connectivity index (χ1v) is 6.56. The second-order valence-electron chi connectivity index (χ2n) is 4.16. The fraction of sp³-hybridized carbons (Fsp3) is 0.267. The number of carbonyl (C=O) groups excluding carboxylic acids is 1. The van der Waals surface area contributed by atoms with Gasteiger partial charge in [0, 0.05) is 22.2 Å². The van der Waals surface area contributed by atoms with E-state index in [1.807, 2.05) is 13.0 Å². The Balaban J connectivity index is 2.06. The molecule has 0 amide bonds. The third kappa shape index (κ3) is 3.85. The van der Waals surface area contributed by atoms with Gasteiger partial charge in [0.15, 0.2) is 6.79 Å². The number of carbonyl (C=O) groups is 1. The predicted octanol–water partition coefficient (Wildman–Crippen LogP) is 3.38. The Bertz CT molecular complexity index is 549. The normalized spacial score (nSPS) is 14.3. The van der Waals surface area contributed by atoms with Crippen LogP contribution in [0.1, 0.15) is 18.1 Å². The molecule has 0 saturated heterocycles. The Morgan fingerprint density at radius 3 is 3.10 bits per heavy atom. The number of fused-ring (bicyclic) bond motifs is 1. The fourth-order valence-corrected chi connectivity index (χ4v) is 2.07. The first-order valence-electron chi connectivity index (χ1n) is 6.18. The number of hydrogen-bond donors (Lipinski definition) is 0. The van der Waals surface area contributed by atoms with Gasteiger partial charge in [-0.05, 0) is 19.1 Å². The minimum absolute atomic E-state index is 0.113. The van der Waals surface area contributed by atoms with Crippen molar-refractivity contribution in [2.24, 2.45) is 0 Å². The van der Waals surface area contributed by atoms with Gasteiger partial charge >= 0.3 is 5.97 Å². The molecule has 0 aliphatic carbocycles. The van der Waals surface area contributed by atoms with Crippen molar-refractivity contribution in [3.05, 3.63) is 52.6 Å². The van der Waals surface area contributed by atoms with Gasteiger partial charge in [-0.15, -0.1) is 0 Å². The minimum Gasteiger partial charge on any atom is -0.467 e. The summed E-state index contributed by atoms with van der Waals surface area (Å²) in [6.07, 6.45) is 6.56. The maximum absolute atomic E-state index is 11.5. The summed E-state index contributed by atoms with van der Waals surface area (Å²) in [5.74, 6) is 0.273. The summed E-state index contributed by atoms with van der Waals surface area (Å²) >= 11 is 6.02. The van der Waals surface area contributed by atoms with E-state index in [4.69, 9.17) is 25.8 Å². The van der Waals surface area contributed by atoms with Crippen LogP contribution in [0.15, 0.2) is 36.4 Å². The average Bonchev–Trinajstić information content (AvgIpc) is 2.45. The smallest absolute Gasteiger partial charge is 0.331 e. The van der Waals surface area contributed by atoms with Crippen LogP contribution in [0.3, 0.4) is 0 Å². The highest BCUT2D eigenvalue weighted by Crippen LogP contribution is 2.32. The zero-order valence-electron chi connectivity index (χ0n) is 11.1. The SMILES string of the molecule is C/C=C/C=C/C(=O)OCc1cc(Cl)cc2c1OCOC2. The van der Waals surface area contributed by atoms with E-state index in [0.29, 0.717) is 17.4 Å². The zero-order chi connectivity index (χ0) is 14.4. The van der Waals surface area contributed by atoms with Gasteiger partial charge in [-0.2, -0.15) is 0 Å². The van der Waals surface area contributed by atoms with Crippen molar-refractivity contribution in [1.82, 2.24) is 0 Å². The Kier molecular flexibility index (Phi) is 5.21. The van der Waals surface area contributed by atoms with Gasteiger partial charge in [-0.3, -0.25) is 0 Å². The maximum Gasteiger partial charge on any atom is 0.331 e. The molecule has 1 aliphatic rings. The Labute approximate surface area is 122 Å². The van der Waals surface area contributed by atoms with Crippen molar-refractivity contribution >= 4 is 17.6 Å². The van der Waals surface area contributed by atoms with Crippen LogP contribution < -0.4 is 4.74 Å². The lowest BCUT2D eigenvalue weighted by molar-refractivity contribution is -0.139. The Morgan fingerprint density at radius 2 is 2.30 bits per heavy atom. The topological polar surface area (TPSA) is 44.8 Å². The number of halogens is 1. The van der Waals surface area contributed by atoms with E-state index in [1.165, 1.54) is 6.08 Å². The van der Waals surface area contributed by atoms with Crippen LogP contribution in [0.25, 0.3) is 0 Å². The van der Waals surface area contributed by atoms with Gasteiger partial charge in [0.05, 0.1) is 6.61 Å². The predicted molar refractivity (Wildman–Crippen MR) is 75.5 cm³/mol. The molecule has 0 spiro atoms. The van der Waals surface area contributed by atoms with Crippen molar-refractivity contribution in [1.29, 1.82) is 0 Å². The van der Waals surface area contributed by atoms with Crippen molar-refractivity contribution in [2.75, 3.05) is 6.79 Å². The van der Waals surface area contributed by atoms with Crippen LogP contribution in [0.5, 0.6) is 5.75 Å². The number of ether oxygens (including phenoxy) is 3. The molecule has 4 nitrogen and oxygen atoms in total. The van der Waals surface area contributed by atoms with Crippen LogP contribution in [-0.4, -0.2) is 12.8 Å². The number of benzene rings is 1. The standard InChI is InChI=1S/C15H15ClO4/c1-2-3-4-5-14(17)19-9-12-7-13(16)6-11-8-18-10-20-15(11)12/h2-7H,8-10H2,1H3/b3-2+,5-4+. The Hall–Kier alpha value is -1.78. The first kappa shape index (κ1) is 14.6. The van der Waals surface area contributed by atoms with E-state index in [-0.39, 0.29) is 13.4 Å². The van der Waals surface area contributed by atoms with E-state index in [2.05, 4.69) is 0 Å². The molecule has 1 heterocycles. The Morgan fingerprint density at radius 1 is 1.45 bits per heavy atom. The molecule has 2 rings (SSSR count). The first-order chi connectivity index (χ1) is 9.70. The lowest BCUT2D eigenvalue weighted by atomic mass is 10.1. The highest BCUT2D eigenvalue weighted by molar-refractivity contribution is 6.30. The fourth-order valence-electron chi connectivity index (χ4n) is 1.81. The molecular weight excluding hydrogens is 280 g/mol. The van der Waals surface area contributed by atoms with E-state index < -0.39 is 5.97 Å². The van der Waals surface area contributed by atoms with Crippen molar-refractivity contribution in [3.8, 4) is 5.75 Å². The summed E-state index contributed by atoms with van der Waals surface area (Å²) < 4.78 is 15.8.